The van der Waals surface area contributed by atoms with Crippen LogP contribution in [0.15, 0.2) is 58.5 Å². The SMILES string of the molecule is CSc1nc(-c2ccccc2-c2ccc(Cl)cc2)c(C#N)c(=O)[nH]1. The smallest absolute Gasteiger partial charge is 0.270 e. The molecule has 0 atom stereocenters. The van der Waals surface area contributed by atoms with E-state index in [1.807, 2.05) is 48.7 Å². The molecular weight excluding hydrogens is 342 g/mol. The molecule has 0 bridgehead atoms. The highest BCUT2D eigenvalue weighted by atomic mass is 35.5. The number of H-pyrrole nitrogens is 1. The standard InChI is InChI=1S/C18H12ClN3OS/c1-24-18-21-16(15(10-20)17(23)22-18)14-5-3-2-4-13(14)11-6-8-12(19)9-7-11/h2-9H,1H3,(H,21,22,23). The van der Waals surface area contributed by atoms with Gasteiger partial charge in [-0.15, -0.1) is 0 Å². The number of nitrogens with one attached hydrogen (secondary N) is 1. The van der Waals surface area contributed by atoms with Gasteiger partial charge in [-0.3, -0.25) is 4.79 Å². The van der Waals surface area contributed by atoms with E-state index in [0.717, 1.165) is 16.7 Å². The molecule has 2 aromatic carbocycles. The third kappa shape index (κ3) is 3.07. The van der Waals surface area contributed by atoms with Crippen LogP contribution in [0, 0.1) is 11.3 Å². The van der Waals surface area contributed by atoms with Crippen molar-refractivity contribution in [2.24, 2.45) is 0 Å². The first-order chi connectivity index (χ1) is 11.6. The zero-order chi connectivity index (χ0) is 17.1. The van der Waals surface area contributed by atoms with Crippen LogP contribution in [0.25, 0.3) is 22.4 Å². The Bertz CT molecular complexity index is 990. The Kier molecular flexibility index (Phi) is 4.70. The van der Waals surface area contributed by atoms with Crippen molar-refractivity contribution >= 4 is 23.4 Å². The Morgan fingerprint density at radius 1 is 1.12 bits per heavy atom. The molecule has 3 aromatic rings. The van der Waals surface area contributed by atoms with Gasteiger partial charge in [0.2, 0.25) is 0 Å². The van der Waals surface area contributed by atoms with E-state index in [4.69, 9.17) is 11.6 Å². The minimum Gasteiger partial charge on any atom is -0.300 e. The molecule has 0 aliphatic heterocycles. The molecule has 0 aliphatic rings. The highest BCUT2D eigenvalue weighted by molar-refractivity contribution is 7.98. The molecule has 0 saturated carbocycles. The van der Waals surface area contributed by atoms with Gasteiger partial charge in [0, 0.05) is 10.6 Å². The summed E-state index contributed by atoms with van der Waals surface area (Å²) < 4.78 is 0. The third-order valence-corrected chi connectivity index (χ3v) is 4.37. The normalized spacial score (nSPS) is 10.4. The Hall–Kier alpha value is -2.55. The molecule has 0 unspecified atom stereocenters. The van der Waals surface area contributed by atoms with Crippen LogP contribution in [-0.4, -0.2) is 16.2 Å². The maximum absolute atomic E-state index is 12.2. The van der Waals surface area contributed by atoms with Crippen LogP contribution in [0.5, 0.6) is 0 Å². The average Bonchev–Trinajstić information content (AvgIpc) is 2.61. The number of nitrogens with zero attached hydrogens (tertiary/aromatic N) is 2. The van der Waals surface area contributed by atoms with Crippen molar-refractivity contribution in [3.8, 4) is 28.5 Å². The van der Waals surface area contributed by atoms with E-state index in [-0.39, 0.29) is 5.56 Å². The average molecular weight is 354 g/mol. The van der Waals surface area contributed by atoms with E-state index in [1.54, 1.807) is 12.1 Å². The molecule has 4 nitrogen and oxygen atoms in total. The van der Waals surface area contributed by atoms with Crippen molar-refractivity contribution in [2.45, 2.75) is 5.16 Å². The zero-order valence-corrected chi connectivity index (χ0v) is 14.3. The first-order valence-corrected chi connectivity index (χ1v) is 8.68. The Morgan fingerprint density at radius 2 is 1.79 bits per heavy atom. The fourth-order valence-corrected chi connectivity index (χ4v) is 2.92. The molecule has 118 valence electrons. The van der Waals surface area contributed by atoms with Crippen molar-refractivity contribution in [1.82, 2.24) is 9.97 Å². The summed E-state index contributed by atoms with van der Waals surface area (Å²) in [5.41, 5.74) is 2.52. The monoisotopic (exact) mass is 353 g/mol. The number of nitriles is 1. The predicted octanol–water partition coefficient (Wildman–Crippen LogP) is 4.35. The molecule has 0 aliphatic carbocycles. The number of hydrogen-bond donors (Lipinski definition) is 1. The molecule has 6 heteroatoms. The fourth-order valence-electron chi connectivity index (χ4n) is 2.42. The number of aromatic nitrogens is 2. The molecular formula is C18H12ClN3OS. The van der Waals surface area contributed by atoms with Crippen molar-refractivity contribution in [3.05, 3.63) is 69.5 Å². The van der Waals surface area contributed by atoms with Crippen LogP contribution in [-0.2, 0) is 0 Å². The summed E-state index contributed by atoms with van der Waals surface area (Å²) >= 11 is 7.28. The predicted molar refractivity (Wildman–Crippen MR) is 97.2 cm³/mol. The van der Waals surface area contributed by atoms with Crippen molar-refractivity contribution < 1.29 is 0 Å². The molecule has 0 spiro atoms. The third-order valence-electron chi connectivity index (χ3n) is 3.54. The maximum atomic E-state index is 12.2. The van der Waals surface area contributed by atoms with Gasteiger partial charge in [-0.25, -0.2) is 4.98 Å². The molecule has 0 fully saturated rings. The van der Waals surface area contributed by atoms with E-state index in [1.165, 1.54) is 11.8 Å². The summed E-state index contributed by atoms with van der Waals surface area (Å²) in [6.07, 6.45) is 1.82. The van der Waals surface area contributed by atoms with Gasteiger partial charge in [0.25, 0.3) is 5.56 Å². The molecule has 24 heavy (non-hydrogen) atoms. The number of hydrogen-bond acceptors (Lipinski definition) is 4. The van der Waals surface area contributed by atoms with Crippen LogP contribution < -0.4 is 5.56 Å². The van der Waals surface area contributed by atoms with Crippen molar-refractivity contribution in [3.63, 3.8) is 0 Å². The largest absolute Gasteiger partial charge is 0.300 e. The fraction of sp³-hybridized carbons (Fsp3) is 0.0556. The molecule has 0 amide bonds. The van der Waals surface area contributed by atoms with Crippen LogP contribution in [0.4, 0.5) is 0 Å². The summed E-state index contributed by atoms with van der Waals surface area (Å²) in [6.45, 7) is 0. The maximum Gasteiger partial charge on any atom is 0.270 e. The van der Waals surface area contributed by atoms with Gasteiger partial charge in [-0.1, -0.05) is 59.8 Å². The van der Waals surface area contributed by atoms with E-state index in [2.05, 4.69) is 9.97 Å². The molecule has 3 rings (SSSR count). The lowest BCUT2D eigenvalue weighted by atomic mass is 9.96. The molecule has 0 radical (unpaired) electrons. The van der Waals surface area contributed by atoms with E-state index in [9.17, 15) is 10.1 Å². The van der Waals surface area contributed by atoms with Gasteiger partial charge in [-0.2, -0.15) is 5.26 Å². The Balaban J connectivity index is 2.29. The lowest BCUT2D eigenvalue weighted by Gasteiger charge is -2.11. The van der Waals surface area contributed by atoms with Gasteiger partial charge in [0.15, 0.2) is 5.16 Å². The van der Waals surface area contributed by atoms with Crippen LogP contribution in [0.3, 0.4) is 0 Å². The molecule has 1 heterocycles. The summed E-state index contributed by atoms with van der Waals surface area (Å²) in [4.78, 5) is 19.2. The van der Waals surface area contributed by atoms with Gasteiger partial charge in [0.05, 0.1) is 5.69 Å². The Morgan fingerprint density at radius 3 is 2.42 bits per heavy atom. The number of halogens is 1. The Labute approximate surface area is 148 Å². The summed E-state index contributed by atoms with van der Waals surface area (Å²) in [7, 11) is 0. The lowest BCUT2D eigenvalue weighted by molar-refractivity contribution is 0.938. The summed E-state index contributed by atoms with van der Waals surface area (Å²) in [6, 6.07) is 16.9. The highest BCUT2D eigenvalue weighted by Gasteiger charge is 2.16. The van der Waals surface area contributed by atoms with Gasteiger partial charge >= 0.3 is 0 Å². The van der Waals surface area contributed by atoms with Gasteiger partial charge in [-0.05, 0) is 29.5 Å². The second-order valence-corrected chi connectivity index (χ2v) is 6.19. The zero-order valence-electron chi connectivity index (χ0n) is 12.7. The summed E-state index contributed by atoms with van der Waals surface area (Å²) in [5.74, 6) is 0. The van der Waals surface area contributed by atoms with Crippen molar-refractivity contribution in [2.75, 3.05) is 6.26 Å². The number of aromatic amines is 1. The first kappa shape index (κ1) is 16.3. The topological polar surface area (TPSA) is 69.5 Å². The van der Waals surface area contributed by atoms with E-state index in [0.29, 0.717) is 15.9 Å². The molecule has 0 saturated heterocycles. The second-order valence-electron chi connectivity index (χ2n) is 4.96. The van der Waals surface area contributed by atoms with Gasteiger partial charge < -0.3 is 4.98 Å². The highest BCUT2D eigenvalue weighted by Crippen LogP contribution is 2.32. The number of thioether (sulfide) groups is 1. The van der Waals surface area contributed by atoms with Crippen LogP contribution >= 0.6 is 23.4 Å². The van der Waals surface area contributed by atoms with E-state index < -0.39 is 5.56 Å². The minimum atomic E-state index is -0.433. The first-order valence-electron chi connectivity index (χ1n) is 7.08. The van der Waals surface area contributed by atoms with Crippen LogP contribution in [0.2, 0.25) is 5.02 Å². The minimum absolute atomic E-state index is 0.00853. The molecule has 1 N–H and O–H groups in total. The quantitative estimate of drug-likeness (QED) is 0.561. The summed E-state index contributed by atoms with van der Waals surface area (Å²) in [5, 5.41) is 10.5. The van der Waals surface area contributed by atoms with Crippen molar-refractivity contribution in [1.29, 1.82) is 5.26 Å². The van der Waals surface area contributed by atoms with E-state index >= 15 is 0 Å². The van der Waals surface area contributed by atoms with Gasteiger partial charge in [0.1, 0.15) is 11.6 Å². The second kappa shape index (κ2) is 6.91. The molecule has 1 aromatic heterocycles. The lowest BCUT2D eigenvalue weighted by Crippen LogP contribution is -2.14. The number of benzene rings is 2. The number of rotatable bonds is 3. The van der Waals surface area contributed by atoms with Crippen LogP contribution in [0.1, 0.15) is 5.56 Å².